The molecule has 0 aliphatic carbocycles. The summed E-state index contributed by atoms with van der Waals surface area (Å²) in [5, 5.41) is 0. The molecule has 1 aliphatic rings. The Kier molecular flexibility index (Phi) is 6.10. The first-order valence-electron chi connectivity index (χ1n) is 8.85. The van der Waals surface area contributed by atoms with Crippen molar-refractivity contribution in [2.24, 2.45) is 5.92 Å². The van der Waals surface area contributed by atoms with Gasteiger partial charge in [0, 0.05) is 12.6 Å². The molecule has 0 aromatic heterocycles. The summed E-state index contributed by atoms with van der Waals surface area (Å²) < 4.78 is 25.1. The quantitative estimate of drug-likeness (QED) is 0.884. The molecule has 0 radical (unpaired) electrons. The Morgan fingerprint density at radius 1 is 1.17 bits per heavy atom. The third-order valence-corrected chi connectivity index (χ3v) is 5.78. The maximum absolute atomic E-state index is 11.2. The van der Waals surface area contributed by atoms with Crippen LogP contribution in [0.5, 0.6) is 0 Å². The van der Waals surface area contributed by atoms with Gasteiger partial charge in [0.05, 0.1) is 6.26 Å². The van der Waals surface area contributed by atoms with E-state index in [0.29, 0.717) is 18.5 Å². The molecule has 0 saturated carbocycles. The van der Waals surface area contributed by atoms with Crippen molar-refractivity contribution in [3.05, 3.63) is 35.4 Å². The first-order valence-corrected chi connectivity index (χ1v) is 10.7. The Morgan fingerprint density at radius 2 is 1.71 bits per heavy atom. The summed E-state index contributed by atoms with van der Waals surface area (Å²) in [7, 11) is -3.08. The molecule has 0 spiro atoms. The maximum atomic E-state index is 11.2. The van der Waals surface area contributed by atoms with Gasteiger partial charge in [-0.25, -0.2) is 13.1 Å². The Balaban J connectivity index is 1.89. The number of sulfonamides is 1. The van der Waals surface area contributed by atoms with Crippen LogP contribution in [0.15, 0.2) is 24.3 Å². The highest BCUT2D eigenvalue weighted by Gasteiger charge is 2.24. The number of nitrogens with zero attached hydrogens (tertiary/aromatic N) is 1. The van der Waals surface area contributed by atoms with Gasteiger partial charge >= 0.3 is 0 Å². The number of likely N-dealkylation sites (tertiary alicyclic amines) is 1. The first kappa shape index (κ1) is 19.4. The lowest BCUT2D eigenvalue weighted by molar-refractivity contribution is 0.142. The molecule has 2 rings (SSSR count). The molecule has 4 nitrogen and oxygen atoms in total. The van der Waals surface area contributed by atoms with Crippen LogP contribution < -0.4 is 4.72 Å². The van der Waals surface area contributed by atoms with Gasteiger partial charge in [-0.3, -0.25) is 4.90 Å². The zero-order valence-electron chi connectivity index (χ0n) is 15.7. The lowest BCUT2D eigenvalue weighted by Gasteiger charge is -2.36. The predicted molar refractivity (Wildman–Crippen MR) is 101 cm³/mol. The van der Waals surface area contributed by atoms with E-state index in [4.69, 9.17) is 0 Å². The molecular weight excluding hydrogens is 320 g/mol. The van der Waals surface area contributed by atoms with Crippen LogP contribution in [0, 0.1) is 5.92 Å². The molecule has 1 aromatic rings. The second kappa shape index (κ2) is 7.54. The molecule has 136 valence electrons. The predicted octanol–water partition coefficient (Wildman–Crippen LogP) is 3.31. The van der Waals surface area contributed by atoms with Crippen LogP contribution in [0.25, 0.3) is 0 Å². The van der Waals surface area contributed by atoms with E-state index in [0.717, 1.165) is 25.9 Å². The van der Waals surface area contributed by atoms with Crippen LogP contribution in [-0.4, -0.2) is 39.2 Å². The van der Waals surface area contributed by atoms with Gasteiger partial charge < -0.3 is 0 Å². The normalized spacial score (nSPS) is 19.4. The first-order chi connectivity index (χ1) is 11.1. The lowest BCUT2D eigenvalue weighted by Crippen LogP contribution is -2.39. The molecule has 1 aliphatic heterocycles. The average Bonchev–Trinajstić information content (AvgIpc) is 2.51. The van der Waals surface area contributed by atoms with E-state index in [-0.39, 0.29) is 5.41 Å². The molecule has 1 unspecified atom stereocenters. The van der Waals surface area contributed by atoms with Gasteiger partial charge in [-0.1, -0.05) is 45.0 Å². The van der Waals surface area contributed by atoms with Crippen LogP contribution in [-0.2, 0) is 15.4 Å². The van der Waals surface area contributed by atoms with Gasteiger partial charge in [0.1, 0.15) is 0 Å². The monoisotopic (exact) mass is 352 g/mol. The Labute approximate surface area is 147 Å². The van der Waals surface area contributed by atoms with Crippen LogP contribution in [0.3, 0.4) is 0 Å². The fourth-order valence-electron chi connectivity index (χ4n) is 3.29. The summed E-state index contributed by atoms with van der Waals surface area (Å²) in [4.78, 5) is 2.50. The molecule has 1 atom stereocenters. The average molecular weight is 353 g/mol. The maximum Gasteiger partial charge on any atom is 0.208 e. The molecule has 24 heavy (non-hydrogen) atoms. The molecule has 0 bridgehead atoms. The summed E-state index contributed by atoms with van der Waals surface area (Å²) in [5.41, 5.74) is 2.91. The third kappa shape index (κ3) is 5.57. The Hall–Kier alpha value is -0.910. The van der Waals surface area contributed by atoms with Crippen LogP contribution >= 0.6 is 0 Å². The molecular formula is C19H32N2O2S. The van der Waals surface area contributed by atoms with Crippen molar-refractivity contribution in [3.8, 4) is 0 Å². The Morgan fingerprint density at radius 3 is 2.17 bits per heavy atom. The van der Waals surface area contributed by atoms with Crippen molar-refractivity contribution < 1.29 is 8.42 Å². The topological polar surface area (TPSA) is 49.4 Å². The number of benzene rings is 1. The minimum Gasteiger partial charge on any atom is -0.297 e. The van der Waals surface area contributed by atoms with Gasteiger partial charge in [0.15, 0.2) is 0 Å². The van der Waals surface area contributed by atoms with E-state index in [1.807, 2.05) is 0 Å². The largest absolute Gasteiger partial charge is 0.297 e. The molecule has 1 heterocycles. The number of nitrogens with one attached hydrogen (secondary N) is 1. The molecule has 0 amide bonds. The van der Waals surface area contributed by atoms with Crippen molar-refractivity contribution in [2.45, 2.75) is 52.0 Å². The summed E-state index contributed by atoms with van der Waals surface area (Å²) in [6.45, 7) is 11.6. The summed E-state index contributed by atoms with van der Waals surface area (Å²) in [6.07, 6.45) is 3.32. The van der Waals surface area contributed by atoms with Crippen molar-refractivity contribution in [2.75, 3.05) is 25.9 Å². The van der Waals surface area contributed by atoms with Crippen LogP contribution in [0.1, 0.15) is 57.7 Å². The highest BCUT2D eigenvalue weighted by molar-refractivity contribution is 7.88. The SMILES string of the molecule is CC(c1ccc(C(C)(C)C)cc1)N1CCC(CNS(C)(=O)=O)CC1. The summed E-state index contributed by atoms with van der Waals surface area (Å²) in [5.74, 6) is 0.450. The number of piperidine rings is 1. The smallest absolute Gasteiger partial charge is 0.208 e. The number of rotatable bonds is 5. The zero-order valence-corrected chi connectivity index (χ0v) is 16.5. The highest BCUT2D eigenvalue weighted by Crippen LogP contribution is 2.28. The summed E-state index contributed by atoms with van der Waals surface area (Å²) in [6, 6.07) is 9.40. The summed E-state index contributed by atoms with van der Waals surface area (Å²) >= 11 is 0. The van der Waals surface area contributed by atoms with E-state index in [9.17, 15) is 8.42 Å². The molecule has 1 saturated heterocycles. The minimum absolute atomic E-state index is 0.187. The highest BCUT2D eigenvalue weighted by atomic mass is 32.2. The van der Waals surface area contributed by atoms with Crippen molar-refractivity contribution in [1.82, 2.24) is 9.62 Å². The van der Waals surface area contributed by atoms with E-state index in [2.05, 4.69) is 61.6 Å². The van der Waals surface area contributed by atoms with E-state index >= 15 is 0 Å². The second-order valence-corrected chi connectivity index (χ2v) is 9.98. The Bertz CT molecular complexity index is 624. The fraction of sp³-hybridized carbons (Fsp3) is 0.684. The van der Waals surface area contributed by atoms with E-state index in [1.54, 1.807) is 0 Å². The van der Waals surface area contributed by atoms with Gasteiger partial charge in [0.25, 0.3) is 0 Å². The number of hydrogen-bond donors (Lipinski definition) is 1. The third-order valence-electron chi connectivity index (χ3n) is 5.09. The van der Waals surface area contributed by atoms with Crippen LogP contribution in [0.2, 0.25) is 0 Å². The molecule has 1 aromatic carbocycles. The van der Waals surface area contributed by atoms with Crippen molar-refractivity contribution >= 4 is 10.0 Å². The molecule has 1 fully saturated rings. The fourth-order valence-corrected chi connectivity index (χ4v) is 3.82. The molecule has 5 heteroatoms. The number of hydrogen-bond acceptors (Lipinski definition) is 3. The van der Waals surface area contributed by atoms with E-state index < -0.39 is 10.0 Å². The van der Waals surface area contributed by atoms with Gasteiger partial charge in [-0.2, -0.15) is 0 Å². The van der Waals surface area contributed by atoms with Crippen molar-refractivity contribution in [1.29, 1.82) is 0 Å². The zero-order chi connectivity index (χ0) is 18.0. The minimum atomic E-state index is -3.08. The van der Waals surface area contributed by atoms with Gasteiger partial charge in [-0.05, 0) is 55.3 Å². The standard InChI is InChI=1S/C19H32N2O2S/c1-15(17-6-8-18(9-7-17)19(2,3)4)21-12-10-16(11-13-21)14-20-24(5,22)23/h6-9,15-16,20H,10-14H2,1-5H3. The van der Waals surface area contributed by atoms with Crippen LogP contribution in [0.4, 0.5) is 0 Å². The van der Waals surface area contributed by atoms with E-state index in [1.165, 1.54) is 17.4 Å². The lowest BCUT2D eigenvalue weighted by atomic mass is 9.86. The van der Waals surface area contributed by atoms with Gasteiger partial charge in [-0.15, -0.1) is 0 Å². The second-order valence-electron chi connectivity index (χ2n) is 8.15. The van der Waals surface area contributed by atoms with Crippen molar-refractivity contribution in [3.63, 3.8) is 0 Å². The van der Waals surface area contributed by atoms with Gasteiger partial charge in [0.2, 0.25) is 10.0 Å². The molecule has 1 N–H and O–H groups in total.